The predicted octanol–water partition coefficient (Wildman–Crippen LogP) is 3.75. The zero-order valence-corrected chi connectivity index (χ0v) is 16.9. The molecule has 3 atom stereocenters. The lowest BCUT2D eigenvalue weighted by atomic mass is 9.93. The SMILES string of the molecule is CC(N)c1c(F)c(C(F)(F)F)c(-c2cn3cc(NC(=O)C4CC4F)nc3cn2)c2cn[nH]c12. The summed E-state index contributed by atoms with van der Waals surface area (Å²) in [4.78, 5) is 20.1. The normalized spacial score (nSPS) is 19.2. The van der Waals surface area contributed by atoms with E-state index in [4.69, 9.17) is 5.73 Å². The number of anilines is 1. The maximum atomic E-state index is 15.2. The molecule has 33 heavy (non-hydrogen) atoms. The Morgan fingerprint density at radius 2 is 2.06 bits per heavy atom. The molecule has 3 aromatic heterocycles. The second-order valence-electron chi connectivity index (χ2n) is 7.93. The highest BCUT2D eigenvalue weighted by atomic mass is 19.4. The van der Waals surface area contributed by atoms with Gasteiger partial charge in [-0.1, -0.05) is 0 Å². The van der Waals surface area contributed by atoms with Gasteiger partial charge in [0.15, 0.2) is 11.5 Å². The van der Waals surface area contributed by atoms with Crippen LogP contribution in [0.25, 0.3) is 27.8 Å². The Bertz CT molecular complexity index is 1410. The minimum Gasteiger partial charge on any atom is -0.324 e. The molecule has 3 unspecified atom stereocenters. The molecule has 1 saturated carbocycles. The van der Waals surface area contributed by atoms with E-state index in [0.717, 1.165) is 6.20 Å². The predicted molar refractivity (Wildman–Crippen MR) is 107 cm³/mol. The van der Waals surface area contributed by atoms with E-state index in [1.807, 2.05) is 0 Å². The Hall–Kier alpha value is -3.61. The smallest absolute Gasteiger partial charge is 0.324 e. The van der Waals surface area contributed by atoms with Crippen LogP contribution < -0.4 is 11.1 Å². The molecule has 1 aliphatic rings. The molecule has 5 rings (SSSR count). The van der Waals surface area contributed by atoms with E-state index >= 15 is 4.39 Å². The van der Waals surface area contributed by atoms with Crippen LogP contribution in [0.3, 0.4) is 0 Å². The Labute approximate surface area is 182 Å². The number of rotatable bonds is 4. The van der Waals surface area contributed by atoms with Crippen LogP contribution in [0.15, 0.2) is 24.8 Å². The van der Waals surface area contributed by atoms with Crippen LogP contribution in [0.1, 0.15) is 30.5 Å². The lowest BCUT2D eigenvalue weighted by Gasteiger charge is -2.19. The number of halogens is 5. The van der Waals surface area contributed by atoms with E-state index in [-0.39, 0.29) is 40.0 Å². The van der Waals surface area contributed by atoms with Crippen molar-refractivity contribution in [3.05, 3.63) is 41.7 Å². The molecule has 1 aliphatic carbocycles. The summed E-state index contributed by atoms with van der Waals surface area (Å²) in [6.07, 6.45) is -1.19. The van der Waals surface area contributed by atoms with Crippen LogP contribution in [0, 0.1) is 11.7 Å². The highest BCUT2D eigenvalue weighted by Gasteiger charge is 2.44. The summed E-state index contributed by atoms with van der Waals surface area (Å²) in [6.45, 7) is 1.37. The molecular weight excluding hydrogens is 449 g/mol. The number of alkyl halides is 4. The molecule has 1 amide bonds. The number of carbonyl (C=O) groups is 1. The Morgan fingerprint density at radius 1 is 1.33 bits per heavy atom. The number of nitrogens with one attached hydrogen (secondary N) is 2. The maximum Gasteiger partial charge on any atom is 0.419 e. The third-order valence-corrected chi connectivity index (χ3v) is 5.52. The summed E-state index contributed by atoms with van der Waals surface area (Å²) in [5.41, 5.74) is 3.46. The summed E-state index contributed by atoms with van der Waals surface area (Å²) >= 11 is 0. The molecule has 1 fully saturated rings. The fourth-order valence-corrected chi connectivity index (χ4v) is 3.87. The maximum absolute atomic E-state index is 15.2. The number of amides is 1. The lowest BCUT2D eigenvalue weighted by Crippen LogP contribution is -2.17. The second kappa shape index (κ2) is 7.20. The first-order valence-corrected chi connectivity index (χ1v) is 9.87. The van der Waals surface area contributed by atoms with E-state index in [9.17, 15) is 22.4 Å². The quantitative estimate of drug-likeness (QED) is 0.398. The number of aromatic nitrogens is 5. The van der Waals surface area contributed by atoms with Crippen LogP contribution in [-0.2, 0) is 11.0 Å². The average molecular weight is 465 g/mol. The van der Waals surface area contributed by atoms with Gasteiger partial charge in [-0.3, -0.25) is 14.9 Å². The summed E-state index contributed by atoms with van der Waals surface area (Å²) in [5, 5.41) is 8.77. The first-order valence-electron chi connectivity index (χ1n) is 9.87. The lowest BCUT2D eigenvalue weighted by molar-refractivity contribution is -0.139. The van der Waals surface area contributed by atoms with Gasteiger partial charge in [0, 0.05) is 28.8 Å². The number of hydrogen-bond acceptors (Lipinski definition) is 5. The number of imidazole rings is 1. The molecule has 0 radical (unpaired) electrons. The highest BCUT2D eigenvalue weighted by molar-refractivity contribution is 5.98. The van der Waals surface area contributed by atoms with Crippen LogP contribution in [0.4, 0.5) is 27.8 Å². The number of benzene rings is 1. The van der Waals surface area contributed by atoms with Gasteiger partial charge in [0.25, 0.3) is 0 Å². The van der Waals surface area contributed by atoms with Gasteiger partial charge in [-0.25, -0.2) is 13.8 Å². The van der Waals surface area contributed by atoms with Crippen molar-refractivity contribution in [2.75, 3.05) is 5.32 Å². The Morgan fingerprint density at radius 3 is 2.70 bits per heavy atom. The van der Waals surface area contributed by atoms with Crippen molar-refractivity contribution < 1.29 is 26.7 Å². The fraction of sp³-hybridized carbons (Fsp3) is 0.300. The number of H-pyrrole nitrogens is 1. The molecule has 1 aromatic carbocycles. The molecule has 13 heteroatoms. The fourth-order valence-electron chi connectivity index (χ4n) is 3.87. The van der Waals surface area contributed by atoms with E-state index in [2.05, 4.69) is 25.5 Å². The van der Waals surface area contributed by atoms with E-state index in [0.29, 0.717) is 0 Å². The summed E-state index contributed by atoms with van der Waals surface area (Å²) in [7, 11) is 0. The van der Waals surface area contributed by atoms with Crippen LogP contribution >= 0.6 is 0 Å². The number of nitrogens with two attached hydrogens (primary N) is 1. The first-order chi connectivity index (χ1) is 15.6. The van der Waals surface area contributed by atoms with Crippen LogP contribution in [0.5, 0.6) is 0 Å². The van der Waals surface area contributed by atoms with Crippen molar-refractivity contribution in [3.8, 4) is 11.3 Å². The number of hydrogen-bond donors (Lipinski definition) is 3. The van der Waals surface area contributed by atoms with Crippen LogP contribution in [0.2, 0.25) is 0 Å². The number of fused-ring (bicyclic) bond motifs is 2. The van der Waals surface area contributed by atoms with Gasteiger partial charge >= 0.3 is 6.18 Å². The third kappa shape index (κ3) is 3.48. The van der Waals surface area contributed by atoms with Gasteiger partial charge < -0.3 is 15.5 Å². The minimum atomic E-state index is -5.05. The topological polar surface area (TPSA) is 114 Å². The first kappa shape index (κ1) is 21.2. The Kier molecular flexibility index (Phi) is 4.64. The molecular formula is C20H16F5N7O. The summed E-state index contributed by atoms with van der Waals surface area (Å²) in [6, 6.07) is -1.03. The third-order valence-electron chi connectivity index (χ3n) is 5.52. The molecule has 4 N–H and O–H groups in total. The van der Waals surface area contributed by atoms with Crippen molar-refractivity contribution >= 4 is 28.3 Å². The van der Waals surface area contributed by atoms with Crippen molar-refractivity contribution in [2.24, 2.45) is 11.7 Å². The standard InChI is InChI=1S/C20H16F5N7O/c1-7(26)14-17(22)16(20(23,24)25)15(9-3-28-31-18(9)14)11-5-32-6-12(29-13(32)4-27-11)30-19(33)8-2-10(8)21/h3-8,10H,2,26H2,1H3,(H,28,31)(H,30,33). The molecule has 0 aliphatic heterocycles. The van der Waals surface area contributed by atoms with Gasteiger partial charge in [-0.2, -0.15) is 18.3 Å². The van der Waals surface area contributed by atoms with Gasteiger partial charge in [0.05, 0.1) is 35.7 Å². The molecule has 0 bridgehead atoms. The number of aromatic amines is 1. The molecule has 0 spiro atoms. The zero-order valence-electron chi connectivity index (χ0n) is 16.9. The molecule has 0 saturated heterocycles. The van der Waals surface area contributed by atoms with Crippen molar-refractivity contribution in [1.29, 1.82) is 0 Å². The second-order valence-corrected chi connectivity index (χ2v) is 7.93. The minimum absolute atomic E-state index is 0.000706. The van der Waals surface area contributed by atoms with Crippen molar-refractivity contribution in [2.45, 2.75) is 31.7 Å². The molecule has 172 valence electrons. The Balaban J connectivity index is 1.67. The average Bonchev–Trinajstić information content (AvgIpc) is 3.10. The monoisotopic (exact) mass is 465 g/mol. The number of nitrogens with zero attached hydrogens (tertiary/aromatic N) is 4. The van der Waals surface area contributed by atoms with Gasteiger partial charge in [0.2, 0.25) is 5.91 Å². The zero-order chi connectivity index (χ0) is 23.7. The van der Waals surface area contributed by atoms with Gasteiger partial charge in [-0.05, 0) is 13.3 Å². The molecule has 8 nitrogen and oxygen atoms in total. The van der Waals surface area contributed by atoms with Gasteiger partial charge in [0.1, 0.15) is 17.6 Å². The van der Waals surface area contributed by atoms with Crippen LogP contribution in [-0.4, -0.2) is 36.6 Å². The van der Waals surface area contributed by atoms with E-state index in [1.165, 1.54) is 29.9 Å². The van der Waals surface area contributed by atoms with E-state index < -0.39 is 47.2 Å². The summed E-state index contributed by atoms with van der Waals surface area (Å²) in [5.74, 6) is -2.69. The summed E-state index contributed by atoms with van der Waals surface area (Å²) < 4.78 is 71.6. The number of carbonyl (C=O) groups excluding carboxylic acids is 1. The molecule has 4 aromatic rings. The highest BCUT2D eigenvalue weighted by Crippen LogP contribution is 2.44. The van der Waals surface area contributed by atoms with Gasteiger partial charge in [-0.15, -0.1) is 0 Å². The van der Waals surface area contributed by atoms with E-state index in [1.54, 1.807) is 0 Å². The van der Waals surface area contributed by atoms with Crippen molar-refractivity contribution in [3.63, 3.8) is 0 Å². The van der Waals surface area contributed by atoms with Crippen molar-refractivity contribution in [1.82, 2.24) is 24.6 Å². The largest absolute Gasteiger partial charge is 0.419 e. The molecule has 3 heterocycles.